The van der Waals surface area contributed by atoms with Crippen LogP contribution in [0.4, 0.5) is 5.69 Å². The lowest BCUT2D eigenvalue weighted by atomic mass is 10.1. The quantitative estimate of drug-likeness (QED) is 0.676. The molecule has 24 heavy (non-hydrogen) atoms. The smallest absolute Gasteiger partial charge is 0.339 e. The molecule has 3 rings (SSSR count). The fourth-order valence-electron chi connectivity index (χ4n) is 2.38. The van der Waals surface area contributed by atoms with E-state index in [0.29, 0.717) is 21.2 Å². The van der Waals surface area contributed by atoms with Gasteiger partial charge in [0.1, 0.15) is 4.88 Å². The Bertz CT molecular complexity index is 949. The standard InChI is InChI=1S/C18H14ClNO3S/c1-10-7-8-12-14(9-10)24-16(15(12)19)17(21)20-13-6-4-3-5-11(13)18(22)23-2/h3-9H,1-2H3,(H,20,21). The molecule has 0 saturated carbocycles. The summed E-state index contributed by atoms with van der Waals surface area (Å²) in [4.78, 5) is 24.8. The van der Waals surface area contributed by atoms with Gasteiger partial charge in [0.2, 0.25) is 0 Å². The summed E-state index contributed by atoms with van der Waals surface area (Å²) >= 11 is 7.68. The maximum atomic E-state index is 12.6. The molecular weight excluding hydrogens is 346 g/mol. The monoisotopic (exact) mass is 359 g/mol. The SMILES string of the molecule is COC(=O)c1ccccc1NC(=O)c1sc2cc(C)ccc2c1Cl. The minimum absolute atomic E-state index is 0.293. The van der Waals surface area contributed by atoms with Gasteiger partial charge in [-0.05, 0) is 30.7 Å². The second-order valence-corrected chi connectivity index (χ2v) is 6.67. The third-order valence-electron chi connectivity index (χ3n) is 3.57. The molecule has 2 aromatic carbocycles. The molecule has 1 aromatic heterocycles. The van der Waals surface area contributed by atoms with Crippen LogP contribution >= 0.6 is 22.9 Å². The molecular formula is C18H14ClNO3S. The Kier molecular flexibility index (Phi) is 4.55. The number of hydrogen-bond donors (Lipinski definition) is 1. The zero-order valence-electron chi connectivity index (χ0n) is 13.1. The zero-order valence-corrected chi connectivity index (χ0v) is 14.6. The van der Waals surface area contributed by atoms with Crippen LogP contribution in [0.5, 0.6) is 0 Å². The Labute approximate surface area is 148 Å². The Morgan fingerprint density at radius 2 is 1.92 bits per heavy atom. The van der Waals surface area contributed by atoms with Gasteiger partial charge in [0.25, 0.3) is 5.91 Å². The molecule has 0 spiro atoms. The maximum absolute atomic E-state index is 12.6. The van der Waals surface area contributed by atoms with Gasteiger partial charge in [-0.25, -0.2) is 4.79 Å². The normalized spacial score (nSPS) is 10.6. The number of carbonyl (C=O) groups is 2. The molecule has 1 N–H and O–H groups in total. The summed E-state index contributed by atoms with van der Waals surface area (Å²) in [7, 11) is 1.30. The lowest BCUT2D eigenvalue weighted by molar-refractivity contribution is 0.0602. The number of amides is 1. The van der Waals surface area contributed by atoms with Crippen LogP contribution in [0.25, 0.3) is 10.1 Å². The third-order valence-corrected chi connectivity index (χ3v) is 5.23. The summed E-state index contributed by atoms with van der Waals surface area (Å²) in [5.74, 6) is -0.862. The van der Waals surface area contributed by atoms with E-state index in [1.807, 2.05) is 25.1 Å². The number of benzene rings is 2. The van der Waals surface area contributed by atoms with Crippen LogP contribution in [0.15, 0.2) is 42.5 Å². The van der Waals surface area contributed by atoms with Crippen LogP contribution in [-0.2, 0) is 4.74 Å². The summed E-state index contributed by atoms with van der Waals surface area (Å²) in [6, 6.07) is 12.5. The predicted molar refractivity (Wildman–Crippen MR) is 97.3 cm³/mol. The molecule has 122 valence electrons. The van der Waals surface area contributed by atoms with E-state index >= 15 is 0 Å². The molecule has 4 nitrogen and oxygen atoms in total. The highest BCUT2D eigenvalue weighted by Crippen LogP contribution is 2.36. The Balaban J connectivity index is 1.97. The van der Waals surface area contributed by atoms with Crippen LogP contribution in [0.2, 0.25) is 5.02 Å². The number of aryl methyl sites for hydroxylation is 1. The largest absolute Gasteiger partial charge is 0.465 e. The fraction of sp³-hybridized carbons (Fsp3) is 0.111. The first-order valence-electron chi connectivity index (χ1n) is 7.18. The molecule has 6 heteroatoms. The van der Waals surface area contributed by atoms with Crippen LogP contribution in [-0.4, -0.2) is 19.0 Å². The molecule has 1 amide bonds. The van der Waals surface area contributed by atoms with Crippen molar-refractivity contribution in [2.45, 2.75) is 6.92 Å². The zero-order chi connectivity index (χ0) is 17.3. The van der Waals surface area contributed by atoms with Crippen molar-refractivity contribution in [2.24, 2.45) is 0 Å². The van der Waals surface area contributed by atoms with E-state index in [4.69, 9.17) is 16.3 Å². The van der Waals surface area contributed by atoms with Gasteiger partial charge in [-0.3, -0.25) is 4.79 Å². The van der Waals surface area contributed by atoms with E-state index in [1.165, 1.54) is 18.4 Å². The van der Waals surface area contributed by atoms with Crippen LogP contribution < -0.4 is 5.32 Å². The third kappa shape index (κ3) is 3.00. The first kappa shape index (κ1) is 16.5. The minimum Gasteiger partial charge on any atom is -0.465 e. The molecule has 3 aromatic rings. The van der Waals surface area contributed by atoms with Crippen molar-refractivity contribution in [2.75, 3.05) is 12.4 Å². The molecule has 0 bridgehead atoms. The van der Waals surface area contributed by atoms with Crippen molar-refractivity contribution in [1.82, 2.24) is 0 Å². The van der Waals surface area contributed by atoms with Crippen molar-refractivity contribution < 1.29 is 14.3 Å². The number of nitrogens with one attached hydrogen (secondary N) is 1. The number of rotatable bonds is 3. The average Bonchev–Trinajstić information content (AvgIpc) is 2.90. The molecule has 0 aliphatic rings. The van der Waals surface area contributed by atoms with E-state index in [9.17, 15) is 9.59 Å². The van der Waals surface area contributed by atoms with E-state index in [2.05, 4.69) is 5.32 Å². The number of carbonyl (C=O) groups excluding carboxylic acids is 2. The average molecular weight is 360 g/mol. The highest BCUT2D eigenvalue weighted by molar-refractivity contribution is 7.21. The van der Waals surface area contributed by atoms with Gasteiger partial charge < -0.3 is 10.1 Å². The second kappa shape index (κ2) is 6.63. The van der Waals surface area contributed by atoms with Crippen molar-refractivity contribution >= 4 is 50.6 Å². The Hall–Kier alpha value is -2.37. The first-order chi connectivity index (χ1) is 11.5. The highest BCUT2D eigenvalue weighted by atomic mass is 35.5. The lowest BCUT2D eigenvalue weighted by Crippen LogP contribution is -2.14. The highest BCUT2D eigenvalue weighted by Gasteiger charge is 2.19. The lowest BCUT2D eigenvalue weighted by Gasteiger charge is -2.08. The summed E-state index contributed by atoms with van der Waals surface area (Å²) in [6.45, 7) is 1.99. The number of fused-ring (bicyclic) bond motifs is 1. The Morgan fingerprint density at radius 1 is 1.17 bits per heavy atom. The molecule has 0 aliphatic carbocycles. The van der Waals surface area contributed by atoms with Gasteiger partial charge in [0.05, 0.1) is 23.4 Å². The van der Waals surface area contributed by atoms with Gasteiger partial charge in [-0.1, -0.05) is 35.9 Å². The van der Waals surface area contributed by atoms with Crippen LogP contribution in [0.1, 0.15) is 25.6 Å². The topological polar surface area (TPSA) is 55.4 Å². The summed E-state index contributed by atoms with van der Waals surface area (Å²) in [6.07, 6.45) is 0. The number of thiophene rings is 1. The van der Waals surface area contributed by atoms with Crippen molar-refractivity contribution in [3.63, 3.8) is 0 Å². The van der Waals surface area contributed by atoms with Crippen molar-refractivity contribution in [3.8, 4) is 0 Å². The van der Waals surface area contributed by atoms with Gasteiger partial charge in [-0.2, -0.15) is 0 Å². The number of methoxy groups -OCH3 is 1. The molecule has 0 saturated heterocycles. The van der Waals surface area contributed by atoms with E-state index < -0.39 is 5.97 Å². The number of hydrogen-bond acceptors (Lipinski definition) is 4. The van der Waals surface area contributed by atoms with E-state index in [1.54, 1.807) is 24.3 Å². The summed E-state index contributed by atoms with van der Waals surface area (Å²) < 4.78 is 5.69. The maximum Gasteiger partial charge on any atom is 0.339 e. The van der Waals surface area contributed by atoms with E-state index in [-0.39, 0.29) is 5.91 Å². The van der Waals surface area contributed by atoms with Gasteiger partial charge in [-0.15, -0.1) is 11.3 Å². The van der Waals surface area contributed by atoms with E-state index in [0.717, 1.165) is 15.6 Å². The summed E-state index contributed by atoms with van der Waals surface area (Å²) in [5, 5.41) is 4.01. The van der Waals surface area contributed by atoms with Gasteiger partial charge in [0.15, 0.2) is 0 Å². The summed E-state index contributed by atoms with van der Waals surface area (Å²) in [5.41, 5.74) is 1.78. The molecule has 0 fully saturated rings. The fourth-order valence-corrected chi connectivity index (χ4v) is 3.89. The van der Waals surface area contributed by atoms with Crippen LogP contribution in [0, 0.1) is 6.92 Å². The number of para-hydroxylation sites is 1. The van der Waals surface area contributed by atoms with Crippen molar-refractivity contribution in [1.29, 1.82) is 0 Å². The molecule has 1 heterocycles. The molecule has 0 aliphatic heterocycles. The molecule has 0 atom stereocenters. The molecule has 0 unspecified atom stereocenters. The number of anilines is 1. The minimum atomic E-state index is -0.510. The second-order valence-electron chi connectivity index (χ2n) is 5.24. The number of ether oxygens (including phenoxy) is 1. The Morgan fingerprint density at radius 3 is 2.67 bits per heavy atom. The first-order valence-corrected chi connectivity index (χ1v) is 8.38. The van der Waals surface area contributed by atoms with Gasteiger partial charge in [0, 0.05) is 10.1 Å². The van der Waals surface area contributed by atoms with Gasteiger partial charge >= 0.3 is 5.97 Å². The predicted octanol–water partition coefficient (Wildman–Crippen LogP) is 4.90. The number of esters is 1. The van der Waals surface area contributed by atoms with Crippen LogP contribution in [0.3, 0.4) is 0 Å². The number of halogens is 1. The molecule has 0 radical (unpaired) electrons. The van der Waals surface area contributed by atoms with Crippen molar-refractivity contribution in [3.05, 3.63) is 63.5 Å².